The van der Waals surface area contributed by atoms with Gasteiger partial charge in [-0.25, -0.2) is 4.98 Å². The largest absolute Gasteiger partial charge is 0.383 e. The molecule has 1 aromatic heterocycles. The second kappa shape index (κ2) is 8.22. The number of anilines is 2. The zero-order valence-electron chi connectivity index (χ0n) is 10.8. The van der Waals surface area contributed by atoms with Crippen LogP contribution in [-0.4, -0.2) is 43.4 Å². The number of nitrogens with zero attached hydrogens (tertiary/aromatic N) is 2. The monoisotopic (exact) mass is 270 g/mol. The fourth-order valence-corrected chi connectivity index (χ4v) is 1.37. The van der Waals surface area contributed by atoms with Gasteiger partial charge in [0.25, 0.3) is 5.69 Å². The lowest BCUT2D eigenvalue weighted by Gasteiger charge is -2.07. The van der Waals surface area contributed by atoms with E-state index in [1.165, 1.54) is 12.1 Å². The lowest BCUT2D eigenvalue weighted by Crippen LogP contribution is -2.09. The van der Waals surface area contributed by atoms with Gasteiger partial charge in [0.1, 0.15) is 11.6 Å². The Morgan fingerprint density at radius 3 is 2.89 bits per heavy atom. The van der Waals surface area contributed by atoms with Crippen LogP contribution in [0.25, 0.3) is 0 Å². The summed E-state index contributed by atoms with van der Waals surface area (Å²) in [5.74, 6) is 0.511. The van der Waals surface area contributed by atoms with Crippen LogP contribution >= 0.6 is 0 Å². The molecule has 0 aliphatic rings. The standard InChI is InChI=1S/C11H18N4O4/c1-18-5-6-19-4-2-3-13-11-8-9(15(16)17)7-10(12)14-11/h7-8H,2-6H2,1H3,(H3,12,13,14). The minimum absolute atomic E-state index is 0.0775. The third kappa shape index (κ3) is 5.98. The number of aromatic nitrogens is 1. The van der Waals surface area contributed by atoms with E-state index in [0.717, 1.165) is 6.42 Å². The highest BCUT2D eigenvalue weighted by Gasteiger charge is 2.09. The first-order valence-electron chi connectivity index (χ1n) is 5.86. The highest BCUT2D eigenvalue weighted by atomic mass is 16.6. The van der Waals surface area contributed by atoms with Crippen LogP contribution in [0.1, 0.15) is 6.42 Å². The number of nitrogens with two attached hydrogens (primary N) is 1. The maximum absolute atomic E-state index is 10.6. The number of nitrogen functional groups attached to an aromatic ring is 1. The van der Waals surface area contributed by atoms with Gasteiger partial charge < -0.3 is 20.5 Å². The average molecular weight is 270 g/mol. The van der Waals surface area contributed by atoms with Crippen LogP contribution < -0.4 is 11.1 Å². The number of nitro groups is 1. The van der Waals surface area contributed by atoms with Crippen molar-refractivity contribution in [2.45, 2.75) is 6.42 Å². The predicted molar refractivity (Wildman–Crippen MR) is 71.1 cm³/mol. The number of rotatable bonds is 9. The zero-order chi connectivity index (χ0) is 14.1. The predicted octanol–water partition coefficient (Wildman–Crippen LogP) is 1.04. The number of pyridine rings is 1. The average Bonchev–Trinajstić information content (AvgIpc) is 2.37. The number of hydrogen-bond acceptors (Lipinski definition) is 7. The SMILES string of the molecule is COCCOCCCNc1cc([N+](=O)[O-])cc(N)n1. The van der Waals surface area contributed by atoms with E-state index < -0.39 is 4.92 Å². The van der Waals surface area contributed by atoms with Gasteiger partial charge in [0, 0.05) is 20.3 Å². The third-order valence-electron chi connectivity index (χ3n) is 2.24. The summed E-state index contributed by atoms with van der Waals surface area (Å²) in [6.07, 6.45) is 0.758. The quantitative estimate of drug-likeness (QED) is 0.391. The molecule has 8 heteroatoms. The molecular formula is C11H18N4O4. The van der Waals surface area contributed by atoms with Gasteiger partial charge in [-0.05, 0) is 6.42 Å². The number of methoxy groups -OCH3 is 1. The number of ether oxygens (including phenoxy) is 2. The van der Waals surface area contributed by atoms with Gasteiger partial charge >= 0.3 is 0 Å². The van der Waals surface area contributed by atoms with Crippen molar-refractivity contribution >= 4 is 17.3 Å². The number of nitrogens with one attached hydrogen (secondary N) is 1. The Balaban J connectivity index is 2.31. The number of hydrogen-bond donors (Lipinski definition) is 2. The molecule has 0 aliphatic carbocycles. The van der Waals surface area contributed by atoms with Crippen molar-refractivity contribution in [3.05, 3.63) is 22.2 Å². The van der Waals surface area contributed by atoms with Crippen molar-refractivity contribution in [3.63, 3.8) is 0 Å². The van der Waals surface area contributed by atoms with Crippen LogP contribution in [0.5, 0.6) is 0 Å². The molecule has 1 rings (SSSR count). The van der Waals surface area contributed by atoms with E-state index in [4.69, 9.17) is 15.2 Å². The zero-order valence-corrected chi connectivity index (χ0v) is 10.8. The van der Waals surface area contributed by atoms with Gasteiger partial charge in [-0.2, -0.15) is 0 Å². The summed E-state index contributed by atoms with van der Waals surface area (Å²) >= 11 is 0. The van der Waals surface area contributed by atoms with E-state index in [9.17, 15) is 10.1 Å². The maximum Gasteiger partial charge on any atom is 0.276 e. The van der Waals surface area contributed by atoms with Crippen LogP contribution in [0.2, 0.25) is 0 Å². The van der Waals surface area contributed by atoms with Gasteiger partial charge in [-0.3, -0.25) is 10.1 Å². The molecule has 0 spiro atoms. The van der Waals surface area contributed by atoms with Crippen molar-refractivity contribution in [2.24, 2.45) is 0 Å². The summed E-state index contributed by atoms with van der Waals surface area (Å²) in [6.45, 7) is 2.30. The Labute approximate surface area is 111 Å². The van der Waals surface area contributed by atoms with Crippen LogP contribution in [0, 0.1) is 10.1 Å². The van der Waals surface area contributed by atoms with E-state index in [-0.39, 0.29) is 11.5 Å². The maximum atomic E-state index is 10.6. The van der Waals surface area contributed by atoms with Crippen molar-refractivity contribution in [1.82, 2.24) is 4.98 Å². The summed E-state index contributed by atoms with van der Waals surface area (Å²) in [5.41, 5.74) is 5.41. The molecule has 0 saturated carbocycles. The van der Waals surface area contributed by atoms with E-state index in [1.54, 1.807) is 7.11 Å². The van der Waals surface area contributed by atoms with Gasteiger partial charge in [-0.15, -0.1) is 0 Å². The van der Waals surface area contributed by atoms with E-state index in [0.29, 0.717) is 32.2 Å². The molecule has 19 heavy (non-hydrogen) atoms. The minimum Gasteiger partial charge on any atom is -0.383 e. The molecule has 0 bridgehead atoms. The molecule has 0 saturated heterocycles. The molecule has 1 aromatic rings. The van der Waals surface area contributed by atoms with Crippen molar-refractivity contribution in [2.75, 3.05) is 44.5 Å². The van der Waals surface area contributed by atoms with Gasteiger partial charge in [0.2, 0.25) is 0 Å². The molecule has 0 aromatic carbocycles. The summed E-state index contributed by atoms with van der Waals surface area (Å²) in [4.78, 5) is 14.1. The normalized spacial score (nSPS) is 10.4. The molecule has 0 fully saturated rings. The van der Waals surface area contributed by atoms with Gasteiger partial charge in [0.15, 0.2) is 0 Å². The molecule has 0 atom stereocenters. The second-order valence-electron chi connectivity index (χ2n) is 3.78. The topological polar surface area (TPSA) is 113 Å². The molecule has 106 valence electrons. The highest BCUT2D eigenvalue weighted by Crippen LogP contribution is 2.18. The molecule has 0 amide bonds. The third-order valence-corrected chi connectivity index (χ3v) is 2.24. The van der Waals surface area contributed by atoms with Crippen molar-refractivity contribution in [3.8, 4) is 0 Å². The Bertz CT molecular complexity index is 414. The Morgan fingerprint density at radius 1 is 1.42 bits per heavy atom. The summed E-state index contributed by atoms with van der Waals surface area (Å²) < 4.78 is 10.1. The molecule has 0 unspecified atom stereocenters. The Morgan fingerprint density at radius 2 is 2.21 bits per heavy atom. The van der Waals surface area contributed by atoms with Gasteiger partial charge in [0.05, 0.1) is 30.3 Å². The first kappa shape index (κ1) is 15.1. The van der Waals surface area contributed by atoms with Crippen LogP contribution in [0.15, 0.2) is 12.1 Å². The van der Waals surface area contributed by atoms with E-state index in [2.05, 4.69) is 10.3 Å². The van der Waals surface area contributed by atoms with Crippen molar-refractivity contribution in [1.29, 1.82) is 0 Å². The van der Waals surface area contributed by atoms with Crippen molar-refractivity contribution < 1.29 is 14.4 Å². The fraction of sp³-hybridized carbons (Fsp3) is 0.545. The molecule has 3 N–H and O–H groups in total. The van der Waals surface area contributed by atoms with Crippen LogP contribution in [-0.2, 0) is 9.47 Å². The molecular weight excluding hydrogens is 252 g/mol. The van der Waals surface area contributed by atoms with Crippen LogP contribution in [0.4, 0.5) is 17.3 Å². The lowest BCUT2D eigenvalue weighted by atomic mass is 10.3. The Hall–Kier alpha value is -1.93. The fourth-order valence-electron chi connectivity index (χ4n) is 1.37. The highest BCUT2D eigenvalue weighted by molar-refractivity contribution is 5.52. The smallest absolute Gasteiger partial charge is 0.276 e. The minimum atomic E-state index is -0.503. The summed E-state index contributed by atoms with van der Waals surface area (Å²) in [7, 11) is 1.61. The van der Waals surface area contributed by atoms with Gasteiger partial charge in [-0.1, -0.05) is 0 Å². The van der Waals surface area contributed by atoms with E-state index >= 15 is 0 Å². The molecule has 8 nitrogen and oxygen atoms in total. The molecule has 1 heterocycles. The Kier molecular flexibility index (Phi) is 6.55. The van der Waals surface area contributed by atoms with E-state index in [1.807, 2.05) is 0 Å². The summed E-state index contributed by atoms with van der Waals surface area (Å²) in [5, 5.41) is 13.6. The first-order valence-corrected chi connectivity index (χ1v) is 5.86. The molecule has 0 aliphatic heterocycles. The van der Waals surface area contributed by atoms with Crippen LogP contribution in [0.3, 0.4) is 0 Å². The second-order valence-corrected chi connectivity index (χ2v) is 3.78. The summed E-state index contributed by atoms with van der Waals surface area (Å²) in [6, 6.07) is 2.57. The lowest BCUT2D eigenvalue weighted by molar-refractivity contribution is -0.384. The molecule has 0 radical (unpaired) electrons. The first-order chi connectivity index (χ1) is 9.13.